The standard InChI is InChI=1S/C19H17ClN4O2S/c1-2-26-19(25)12-3-7-14(8-4-12)24-17-16(21)18(23-11-22-17)27-15-9-5-13(20)6-10-15/h3-11H,2,21H2,1H3,(H,22,23,24). The maximum absolute atomic E-state index is 11.7. The molecular formula is C19H17ClN4O2S. The quantitative estimate of drug-likeness (QED) is 0.454. The fourth-order valence-corrected chi connectivity index (χ4v) is 3.14. The van der Waals surface area contributed by atoms with Gasteiger partial charge in [0, 0.05) is 15.6 Å². The van der Waals surface area contributed by atoms with Gasteiger partial charge in [-0.1, -0.05) is 23.4 Å². The molecule has 0 spiro atoms. The number of nitrogens with two attached hydrogens (primary N) is 1. The predicted octanol–water partition coefficient (Wildman–Crippen LogP) is 4.78. The number of halogens is 1. The van der Waals surface area contributed by atoms with Crippen molar-refractivity contribution in [2.75, 3.05) is 17.7 Å². The van der Waals surface area contributed by atoms with Gasteiger partial charge < -0.3 is 15.8 Å². The fourth-order valence-electron chi connectivity index (χ4n) is 2.22. The Morgan fingerprint density at radius 3 is 2.52 bits per heavy atom. The van der Waals surface area contributed by atoms with E-state index in [4.69, 9.17) is 22.1 Å². The van der Waals surface area contributed by atoms with Gasteiger partial charge in [-0.3, -0.25) is 0 Å². The number of benzene rings is 2. The van der Waals surface area contributed by atoms with Gasteiger partial charge >= 0.3 is 5.97 Å². The first-order valence-electron chi connectivity index (χ1n) is 8.15. The van der Waals surface area contributed by atoms with Crippen LogP contribution in [0.4, 0.5) is 17.2 Å². The minimum atomic E-state index is -0.354. The molecular weight excluding hydrogens is 384 g/mol. The molecule has 1 aromatic heterocycles. The van der Waals surface area contributed by atoms with Crippen LogP contribution < -0.4 is 11.1 Å². The molecule has 3 rings (SSSR count). The summed E-state index contributed by atoms with van der Waals surface area (Å²) in [6.07, 6.45) is 1.45. The zero-order valence-electron chi connectivity index (χ0n) is 14.5. The number of carbonyl (C=O) groups excluding carboxylic acids is 1. The van der Waals surface area contributed by atoms with Crippen LogP contribution in [-0.4, -0.2) is 22.5 Å². The van der Waals surface area contributed by atoms with Crippen molar-refractivity contribution >= 4 is 46.5 Å². The number of rotatable bonds is 6. The van der Waals surface area contributed by atoms with Crippen LogP contribution in [0.15, 0.2) is 64.8 Å². The average Bonchev–Trinajstić information content (AvgIpc) is 2.67. The molecule has 0 saturated heterocycles. The number of ether oxygens (including phenoxy) is 1. The van der Waals surface area contributed by atoms with Gasteiger partial charge in [-0.2, -0.15) is 0 Å². The van der Waals surface area contributed by atoms with Gasteiger partial charge in [0.2, 0.25) is 0 Å². The van der Waals surface area contributed by atoms with Crippen LogP contribution in [0.3, 0.4) is 0 Å². The second kappa shape index (κ2) is 8.75. The smallest absolute Gasteiger partial charge is 0.338 e. The van der Waals surface area contributed by atoms with E-state index < -0.39 is 0 Å². The molecule has 0 aliphatic rings. The van der Waals surface area contributed by atoms with Crippen LogP contribution >= 0.6 is 23.4 Å². The molecule has 0 fully saturated rings. The second-order valence-electron chi connectivity index (χ2n) is 5.42. The summed E-state index contributed by atoms with van der Waals surface area (Å²) in [6, 6.07) is 14.3. The first-order valence-corrected chi connectivity index (χ1v) is 9.34. The van der Waals surface area contributed by atoms with E-state index in [1.165, 1.54) is 18.1 Å². The summed E-state index contributed by atoms with van der Waals surface area (Å²) in [6.45, 7) is 2.11. The molecule has 6 nitrogen and oxygen atoms in total. The highest BCUT2D eigenvalue weighted by Gasteiger charge is 2.11. The number of aromatic nitrogens is 2. The topological polar surface area (TPSA) is 90.1 Å². The first-order chi connectivity index (χ1) is 13.1. The minimum absolute atomic E-state index is 0.338. The Morgan fingerprint density at radius 2 is 1.85 bits per heavy atom. The van der Waals surface area contributed by atoms with Gasteiger partial charge in [0.05, 0.1) is 12.2 Å². The summed E-state index contributed by atoms with van der Waals surface area (Å²) in [5, 5.41) is 4.45. The lowest BCUT2D eigenvalue weighted by atomic mass is 10.2. The van der Waals surface area contributed by atoms with Crippen LogP contribution in [-0.2, 0) is 4.74 Å². The van der Waals surface area contributed by atoms with E-state index in [2.05, 4.69) is 15.3 Å². The molecule has 3 N–H and O–H groups in total. The summed E-state index contributed by atoms with van der Waals surface area (Å²) in [5.41, 5.74) is 7.88. The van der Waals surface area contributed by atoms with Crippen LogP contribution in [0.1, 0.15) is 17.3 Å². The van der Waals surface area contributed by atoms with Gasteiger partial charge in [-0.05, 0) is 55.5 Å². The van der Waals surface area contributed by atoms with Gasteiger partial charge in [0.25, 0.3) is 0 Å². The molecule has 0 aliphatic carbocycles. The summed E-state index contributed by atoms with van der Waals surface area (Å²) in [5.74, 6) is 0.137. The number of hydrogen-bond acceptors (Lipinski definition) is 7. The van der Waals surface area contributed by atoms with Crippen molar-refractivity contribution in [2.24, 2.45) is 0 Å². The highest BCUT2D eigenvalue weighted by Crippen LogP contribution is 2.34. The Hall–Kier alpha value is -2.77. The number of carbonyl (C=O) groups is 1. The van der Waals surface area contributed by atoms with E-state index in [1.807, 2.05) is 24.3 Å². The minimum Gasteiger partial charge on any atom is -0.462 e. The molecule has 138 valence electrons. The van der Waals surface area contributed by atoms with Crippen molar-refractivity contribution < 1.29 is 9.53 Å². The largest absolute Gasteiger partial charge is 0.462 e. The maximum atomic E-state index is 11.7. The molecule has 0 radical (unpaired) electrons. The van der Waals surface area contributed by atoms with Gasteiger partial charge in [0.15, 0.2) is 5.82 Å². The predicted molar refractivity (Wildman–Crippen MR) is 108 cm³/mol. The number of hydrogen-bond donors (Lipinski definition) is 2. The van der Waals surface area contributed by atoms with E-state index in [0.29, 0.717) is 33.7 Å². The molecule has 8 heteroatoms. The van der Waals surface area contributed by atoms with Crippen molar-refractivity contribution in [3.05, 3.63) is 65.4 Å². The van der Waals surface area contributed by atoms with Crippen molar-refractivity contribution in [3.63, 3.8) is 0 Å². The van der Waals surface area contributed by atoms with Crippen LogP contribution in [0.5, 0.6) is 0 Å². The molecule has 0 aliphatic heterocycles. The van der Waals surface area contributed by atoms with Gasteiger partial charge in [-0.25, -0.2) is 14.8 Å². The third-order valence-corrected chi connectivity index (χ3v) is 4.81. The first kappa shape index (κ1) is 19.0. The zero-order valence-corrected chi connectivity index (χ0v) is 16.1. The van der Waals surface area contributed by atoms with E-state index in [9.17, 15) is 4.79 Å². The maximum Gasteiger partial charge on any atom is 0.338 e. The Morgan fingerprint density at radius 1 is 1.15 bits per heavy atom. The molecule has 0 atom stereocenters. The summed E-state index contributed by atoms with van der Waals surface area (Å²) in [4.78, 5) is 21.1. The van der Waals surface area contributed by atoms with Crippen molar-refractivity contribution in [3.8, 4) is 0 Å². The van der Waals surface area contributed by atoms with Crippen LogP contribution in [0.25, 0.3) is 0 Å². The molecule has 27 heavy (non-hydrogen) atoms. The van der Waals surface area contributed by atoms with Crippen LogP contribution in [0, 0.1) is 0 Å². The Kier molecular flexibility index (Phi) is 6.16. The van der Waals surface area contributed by atoms with E-state index in [1.54, 1.807) is 31.2 Å². The number of nitrogen functional groups attached to an aromatic ring is 1. The average molecular weight is 401 g/mol. The zero-order chi connectivity index (χ0) is 19.2. The third-order valence-electron chi connectivity index (χ3n) is 3.53. The van der Waals surface area contributed by atoms with Crippen molar-refractivity contribution in [1.29, 1.82) is 0 Å². The number of anilines is 3. The van der Waals surface area contributed by atoms with E-state index in [-0.39, 0.29) is 5.97 Å². The van der Waals surface area contributed by atoms with Gasteiger partial charge in [-0.15, -0.1) is 0 Å². The molecule has 0 amide bonds. The van der Waals surface area contributed by atoms with E-state index >= 15 is 0 Å². The highest BCUT2D eigenvalue weighted by molar-refractivity contribution is 7.99. The summed E-state index contributed by atoms with van der Waals surface area (Å²) in [7, 11) is 0. The Labute approximate surface area is 166 Å². The molecule has 1 heterocycles. The second-order valence-corrected chi connectivity index (χ2v) is 6.92. The number of nitrogens with one attached hydrogen (secondary N) is 1. The van der Waals surface area contributed by atoms with Crippen LogP contribution in [0.2, 0.25) is 5.02 Å². The SMILES string of the molecule is CCOC(=O)c1ccc(Nc2ncnc(Sc3ccc(Cl)cc3)c2N)cc1. The van der Waals surface area contributed by atoms with Gasteiger partial charge in [0.1, 0.15) is 17.0 Å². The molecule has 0 saturated carbocycles. The van der Waals surface area contributed by atoms with E-state index in [0.717, 1.165) is 10.6 Å². The third kappa shape index (κ3) is 4.90. The van der Waals surface area contributed by atoms with Crippen molar-refractivity contribution in [1.82, 2.24) is 9.97 Å². The molecule has 2 aromatic carbocycles. The molecule has 3 aromatic rings. The highest BCUT2D eigenvalue weighted by atomic mass is 35.5. The monoisotopic (exact) mass is 400 g/mol. The summed E-state index contributed by atoms with van der Waals surface area (Å²) >= 11 is 7.33. The number of nitrogens with zero attached hydrogens (tertiary/aromatic N) is 2. The number of esters is 1. The summed E-state index contributed by atoms with van der Waals surface area (Å²) < 4.78 is 4.97. The lowest BCUT2D eigenvalue weighted by molar-refractivity contribution is 0.0526. The lowest BCUT2D eigenvalue weighted by Gasteiger charge is -2.11. The molecule has 0 unspecified atom stereocenters. The fraction of sp³-hybridized carbons (Fsp3) is 0.105. The normalized spacial score (nSPS) is 10.4. The Balaban J connectivity index is 1.75. The molecule has 0 bridgehead atoms. The lowest BCUT2D eigenvalue weighted by Crippen LogP contribution is -2.05. The Bertz CT molecular complexity index is 933. The van der Waals surface area contributed by atoms with Crippen molar-refractivity contribution in [2.45, 2.75) is 16.8 Å².